The molecule has 0 saturated carbocycles. The van der Waals surface area contributed by atoms with Crippen molar-refractivity contribution in [2.75, 3.05) is 26.2 Å². The number of phenols is 2. The smallest absolute Gasteiger partial charge is 0.119 e. The fourth-order valence-electron chi connectivity index (χ4n) is 5.34. The van der Waals surface area contributed by atoms with Gasteiger partial charge in [-0.3, -0.25) is 0 Å². The number of unbranched alkanes of at least 4 members (excludes halogenated alkanes) is 3. The Bertz CT molecular complexity index is 1290. The average Bonchev–Trinajstić information content (AvgIpc) is 2.94. The molecule has 0 unspecified atom stereocenters. The van der Waals surface area contributed by atoms with Gasteiger partial charge in [0, 0.05) is 0 Å². The lowest BCUT2D eigenvalue weighted by Crippen LogP contribution is -2.26. The summed E-state index contributed by atoms with van der Waals surface area (Å²) in [7, 11) is 0. The van der Waals surface area contributed by atoms with E-state index in [1.165, 1.54) is 62.9 Å². The van der Waals surface area contributed by atoms with Crippen LogP contribution in [0, 0.1) is 0 Å². The number of aromatic hydroxyl groups is 2. The minimum atomic E-state index is 0.257. The highest BCUT2D eigenvalue weighted by Crippen LogP contribution is 2.34. The summed E-state index contributed by atoms with van der Waals surface area (Å²) in [5.74, 6) is 1.44. The van der Waals surface area contributed by atoms with E-state index in [2.05, 4.69) is 49.1 Å². The maximum Gasteiger partial charge on any atom is 0.119 e. The number of hydrogen-bond acceptors (Lipinski definition) is 4. The zero-order valence-electron chi connectivity index (χ0n) is 23.5. The summed E-state index contributed by atoms with van der Waals surface area (Å²) >= 11 is 0. The molecule has 4 aromatic rings. The number of fused-ring (bicyclic) bond motifs is 1. The Morgan fingerprint density at radius 1 is 0.667 bits per heavy atom. The van der Waals surface area contributed by atoms with Crippen LogP contribution >= 0.6 is 0 Å². The molecule has 4 aromatic carbocycles. The van der Waals surface area contributed by atoms with Crippen LogP contribution < -0.4 is 4.74 Å². The summed E-state index contributed by atoms with van der Waals surface area (Å²) < 4.78 is 6.04. The quantitative estimate of drug-likeness (QED) is 0.153. The molecule has 0 aliphatic rings. The van der Waals surface area contributed by atoms with Gasteiger partial charge < -0.3 is 19.8 Å². The highest BCUT2D eigenvalue weighted by atomic mass is 16.5. The van der Waals surface area contributed by atoms with E-state index < -0.39 is 0 Å². The Morgan fingerprint density at radius 2 is 1.36 bits per heavy atom. The molecule has 0 amide bonds. The van der Waals surface area contributed by atoms with Crippen LogP contribution in [0.5, 0.6) is 17.2 Å². The average molecular weight is 526 g/mol. The van der Waals surface area contributed by atoms with Gasteiger partial charge in [0.1, 0.15) is 17.2 Å². The van der Waals surface area contributed by atoms with Gasteiger partial charge in [0.25, 0.3) is 0 Å². The first-order valence-electron chi connectivity index (χ1n) is 14.6. The highest BCUT2D eigenvalue weighted by Gasteiger charge is 2.12. The molecular formula is C35H43NO3. The number of nitrogens with zero attached hydrogens (tertiary/aromatic N) is 1. The summed E-state index contributed by atoms with van der Waals surface area (Å²) in [6.45, 7) is 8.93. The monoisotopic (exact) mass is 525 g/mol. The second-order valence-electron chi connectivity index (χ2n) is 10.5. The highest BCUT2D eigenvalue weighted by molar-refractivity contribution is 5.93. The minimum Gasteiger partial charge on any atom is -0.508 e. The van der Waals surface area contributed by atoms with Gasteiger partial charge in [0.15, 0.2) is 0 Å². The SMILES string of the molecule is CCCN(CCC)CCCCCCOc1ccc(Cc2c(-c3ccc(O)cc3)ccc3cc(O)ccc23)cc1. The summed E-state index contributed by atoms with van der Waals surface area (Å²) in [5, 5.41) is 21.9. The molecule has 0 aliphatic carbocycles. The van der Waals surface area contributed by atoms with Crippen molar-refractivity contribution in [1.29, 1.82) is 0 Å². The van der Waals surface area contributed by atoms with Crippen molar-refractivity contribution >= 4 is 10.8 Å². The second kappa shape index (κ2) is 14.6. The first kappa shape index (κ1) is 28.5. The van der Waals surface area contributed by atoms with Crippen LogP contribution in [0.3, 0.4) is 0 Å². The fraction of sp³-hybridized carbons (Fsp3) is 0.371. The number of hydrogen-bond donors (Lipinski definition) is 2. The fourth-order valence-corrected chi connectivity index (χ4v) is 5.34. The summed E-state index contributed by atoms with van der Waals surface area (Å²) in [6.07, 6.45) is 8.05. The number of rotatable bonds is 15. The van der Waals surface area contributed by atoms with Crippen molar-refractivity contribution in [2.45, 2.75) is 58.8 Å². The van der Waals surface area contributed by atoms with E-state index in [0.29, 0.717) is 0 Å². The van der Waals surface area contributed by atoms with E-state index in [1.54, 1.807) is 18.2 Å². The van der Waals surface area contributed by atoms with Gasteiger partial charge in [-0.2, -0.15) is 0 Å². The predicted molar refractivity (Wildman–Crippen MR) is 163 cm³/mol. The van der Waals surface area contributed by atoms with E-state index in [-0.39, 0.29) is 11.5 Å². The van der Waals surface area contributed by atoms with Crippen LogP contribution in [-0.2, 0) is 6.42 Å². The van der Waals surface area contributed by atoms with Gasteiger partial charge >= 0.3 is 0 Å². The summed E-state index contributed by atoms with van der Waals surface area (Å²) in [5.41, 5.74) is 4.58. The third kappa shape index (κ3) is 8.24. The second-order valence-corrected chi connectivity index (χ2v) is 10.5. The van der Waals surface area contributed by atoms with Crippen LogP contribution in [0.2, 0.25) is 0 Å². The lowest BCUT2D eigenvalue weighted by molar-refractivity contribution is 0.264. The molecule has 2 N–H and O–H groups in total. The lowest BCUT2D eigenvalue weighted by Gasteiger charge is -2.20. The van der Waals surface area contributed by atoms with Gasteiger partial charge in [0.05, 0.1) is 6.61 Å². The molecule has 0 atom stereocenters. The largest absolute Gasteiger partial charge is 0.508 e. The van der Waals surface area contributed by atoms with Crippen LogP contribution in [0.25, 0.3) is 21.9 Å². The lowest BCUT2D eigenvalue weighted by atomic mass is 9.90. The number of ether oxygens (including phenoxy) is 1. The molecule has 0 heterocycles. The molecular weight excluding hydrogens is 482 g/mol. The zero-order valence-corrected chi connectivity index (χ0v) is 23.5. The van der Waals surface area contributed by atoms with Crippen molar-refractivity contribution in [3.63, 3.8) is 0 Å². The van der Waals surface area contributed by atoms with Crippen LogP contribution in [0.4, 0.5) is 0 Å². The van der Waals surface area contributed by atoms with Crippen LogP contribution in [-0.4, -0.2) is 41.4 Å². The summed E-state index contributed by atoms with van der Waals surface area (Å²) in [4.78, 5) is 2.59. The Kier molecular flexibility index (Phi) is 10.7. The zero-order chi connectivity index (χ0) is 27.5. The Labute approximate surface area is 233 Å². The minimum absolute atomic E-state index is 0.257. The first-order valence-corrected chi connectivity index (χ1v) is 14.6. The Morgan fingerprint density at radius 3 is 2.08 bits per heavy atom. The number of benzene rings is 4. The molecule has 0 spiro atoms. The van der Waals surface area contributed by atoms with Gasteiger partial charge in [-0.05, 0) is 121 Å². The van der Waals surface area contributed by atoms with E-state index in [4.69, 9.17) is 4.74 Å². The molecule has 0 saturated heterocycles. The molecule has 4 heteroatoms. The standard InChI is InChI=1S/C35H43NO3/c1-3-21-36(22-4-2)23-7-5-6-8-24-39-32-17-9-27(10-18-32)25-35-33(28-11-14-30(37)15-12-28)19-13-29-26-31(38)16-20-34(29)35/h9-20,26,37-38H,3-8,21-25H2,1-2H3. The van der Waals surface area contributed by atoms with Crippen molar-refractivity contribution in [2.24, 2.45) is 0 Å². The molecule has 4 rings (SSSR count). The molecule has 0 fully saturated rings. The molecule has 0 bridgehead atoms. The van der Waals surface area contributed by atoms with Crippen molar-refractivity contribution in [3.05, 3.63) is 90.0 Å². The molecule has 206 valence electrons. The van der Waals surface area contributed by atoms with Gasteiger partial charge in [-0.15, -0.1) is 0 Å². The Hall–Kier alpha value is -3.50. The van der Waals surface area contributed by atoms with E-state index in [9.17, 15) is 10.2 Å². The van der Waals surface area contributed by atoms with Crippen molar-refractivity contribution < 1.29 is 14.9 Å². The topological polar surface area (TPSA) is 52.9 Å². The maximum atomic E-state index is 10.0. The Balaban J connectivity index is 1.35. The van der Waals surface area contributed by atoms with E-state index in [0.717, 1.165) is 47.1 Å². The van der Waals surface area contributed by atoms with E-state index >= 15 is 0 Å². The van der Waals surface area contributed by atoms with Gasteiger partial charge in [-0.1, -0.05) is 69.2 Å². The first-order chi connectivity index (χ1) is 19.1. The van der Waals surface area contributed by atoms with Gasteiger partial charge in [0.2, 0.25) is 0 Å². The van der Waals surface area contributed by atoms with Crippen LogP contribution in [0.1, 0.15) is 63.5 Å². The van der Waals surface area contributed by atoms with E-state index in [1.807, 2.05) is 30.3 Å². The van der Waals surface area contributed by atoms with Crippen molar-refractivity contribution in [1.82, 2.24) is 4.90 Å². The normalized spacial score (nSPS) is 11.4. The van der Waals surface area contributed by atoms with Crippen LogP contribution in [0.15, 0.2) is 78.9 Å². The number of phenolic OH excluding ortho intramolecular Hbond substituents is 2. The molecule has 0 radical (unpaired) electrons. The molecule has 4 nitrogen and oxygen atoms in total. The maximum absolute atomic E-state index is 10.0. The molecule has 0 aromatic heterocycles. The third-order valence-corrected chi connectivity index (χ3v) is 7.31. The third-order valence-electron chi connectivity index (χ3n) is 7.31. The van der Waals surface area contributed by atoms with Crippen molar-refractivity contribution in [3.8, 4) is 28.4 Å². The molecule has 39 heavy (non-hydrogen) atoms. The molecule has 0 aliphatic heterocycles. The summed E-state index contributed by atoms with van der Waals surface area (Å²) in [6, 6.07) is 25.5. The van der Waals surface area contributed by atoms with Gasteiger partial charge in [-0.25, -0.2) is 0 Å². The predicted octanol–water partition coefficient (Wildman–Crippen LogP) is 8.57.